The monoisotopic (exact) mass is 197 g/mol. The van der Waals surface area contributed by atoms with Gasteiger partial charge >= 0.3 is 0 Å². The van der Waals surface area contributed by atoms with Crippen molar-refractivity contribution >= 4 is 11.3 Å². The number of nitrogens with two attached hydrogens (primary N) is 1. The molecule has 3 nitrogen and oxygen atoms in total. The zero-order valence-corrected chi connectivity index (χ0v) is 8.63. The van der Waals surface area contributed by atoms with Crippen LogP contribution in [0.4, 0.5) is 0 Å². The lowest BCUT2D eigenvalue weighted by Crippen LogP contribution is -2.28. The van der Waals surface area contributed by atoms with Gasteiger partial charge in [0.15, 0.2) is 0 Å². The van der Waals surface area contributed by atoms with Crippen LogP contribution in [0.2, 0.25) is 0 Å². The second-order valence-electron chi connectivity index (χ2n) is 3.82. The summed E-state index contributed by atoms with van der Waals surface area (Å²) in [5.74, 6) is 0.624. The maximum absolute atomic E-state index is 5.94. The molecule has 1 aromatic heterocycles. The van der Waals surface area contributed by atoms with Gasteiger partial charge in [0.05, 0.1) is 11.2 Å². The molecule has 4 heteroatoms. The first-order valence-electron chi connectivity index (χ1n) is 4.60. The molecule has 2 unspecified atom stereocenters. The maximum Gasteiger partial charge on any atom is 0.0795 e. The SMILES string of the molecule is CC1CN(Cc2cscn2)CC1N. The number of hydrogen-bond acceptors (Lipinski definition) is 4. The van der Waals surface area contributed by atoms with Gasteiger partial charge in [-0.25, -0.2) is 4.98 Å². The van der Waals surface area contributed by atoms with Crippen LogP contribution in [0.25, 0.3) is 0 Å². The summed E-state index contributed by atoms with van der Waals surface area (Å²) in [6, 6.07) is 0.346. The number of rotatable bonds is 2. The fourth-order valence-corrected chi connectivity index (χ4v) is 2.32. The molecular weight excluding hydrogens is 182 g/mol. The molecule has 0 saturated carbocycles. The minimum Gasteiger partial charge on any atom is -0.326 e. The topological polar surface area (TPSA) is 42.2 Å². The van der Waals surface area contributed by atoms with Crippen molar-refractivity contribution in [3.05, 3.63) is 16.6 Å². The highest BCUT2D eigenvalue weighted by atomic mass is 32.1. The number of likely N-dealkylation sites (tertiary alicyclic amines) is 1. The summed E-state index contributed by atoms with van der Waals surface area (Å²) < 4.78 is 0. The Morgan fingerprint density at radius 1 is 1.69 bits per heavy atom. The van der Waals surface area contributed by atoms with Crippen LogP contribution in [0.15, 0.2) is 10.9 Å². The average Bonchev–Trinajstić information content (AvgIpc) is 2.64. The van der Waals surface area contributed by atoms with E-state index < -0.39 is 0 Å². The van der Waals surface area contributed by atoms with E-state index in [1.54, 1.807) is 11.3 Å². The van der Waals surface area contributed by atoms with Crippen molar-refractivity contribution in [1.82, 2.24) is 9.88 Å². The van der Waals surface area contributed by atoms with E-state index in [-0.39, 0.29) is 0 Å². The Morgan fingerprint density at radius 3 is 3.08 bits per heavy atom. The van der Waals surface area contributed by atoms with Crippen LogP contribution in [-0.4, -0.2) is 29.0 Å². The van der Waals surface area contributed by atoms with Crippen molar-refractivity contribution in [3.8, 4) is 0 Å². The Bertz CT molecular complexity index is 250. The van der Waals surface area contributed by atoms with Crippen LogP contribution >= 0.6 is 11.3 Å². The number of nitrogens with zero attached hydrogens (tertiary/aromatic N) is 2. The molecule has 2 N–H and O–H groups in total. The molecule has 0 bridgehead atoms. The number of thiazole rings is 1. The molecule has 13 heavy (non-hydrogen) atoms. The highest BCUT2D eigenvalue weighted by molar-refractivity contribution is 7.07. The molecule has 0 amide bonds. The Balaban J connectivity index is 1.91. The predicted octanol–water partition coefficient (Wildman–Crippen LogP) is 0.922. The second-order valence-corrected chi connectivity index (χ2v) is 4.53. The molecule has 1 aromatic rings. The molecule has 2 heterocycles. The molecule has 2 rings (SSSR count). The van der Waals surface area contributed by atoms with Gasteiger partial charge in [-0.1, -0.05) is 6.92 Å². The molecule has 1 aliphatic heterocycles. The molecule has 0 radical (unpaired) electrons. The van der Waals surface area contributed by atoms with E-state index in [1.165, 1.54) is 5.69 Å². The molecule has 1 fully saturated rings. The van der Waals surface area contributed by atoms with E-state index in [1.807, 2.05) is 5.51 Å². The highest BCUT2D eigenvalue weighted by Gasteiger charge is 2.26. The third-order valence-electron chi connectivity index (χ3n) is 2.62. The van der Waals surface area contributed by atoms with E-state index >= 15 is 0 Å². The summed E-state index contributed by atoms with van der Waals surface area (Å²) in [4.78, 5) is 6.65. The largest absolute Gasteiger partial charge is 0.326 e. The normalized spacial score (nSPS) is 29.7. The van der Waals surface area contributed by atoms with E-state index in [2.05, 4.69) is 22.2 Å². The van der Waals surface area contributed by atoms with Gasteiger partial charge in [-0.2, -0.15) is 0 Å². The first-order valence-corrected chi connectivity index (χ1v) is 5.55. The van der Waals surface area contributed by atoms with E-state index in [0.29, 0.717) is 12.0 Å². The summed E-state index contributed by atoms with van der Waals surface area (Å²) >= 11 is 1.66. The van der Waals surface area contributed by atoms with E-state index in [9.17, 15) is 0 Å². The maximum atomic E-state index is 5.94. The van der Waals surface area contributed by atoms with Crippen molar-refractivity contribution in [3.63, 3.8) is 0 Å². The zero-order valence-electron chi connectivity index (χ0n) is 7.81. The van der Waals surface area contributed by atoms with Crippen LogP contribution in [0.5, 0.6) is 0 Å². The Kier molecular flexibility index (Phi) is 2.62. The third kappa shape index (κ3) is 2.07. The van der Waals surface area contributed by atoms with Crippen molar-refractivity contribution in [1.29, 1.82) is 0 Å². The summed E-state index contributed by atoms with van der Waals surface area (Å²) in [5, 5.41) is 2.11. The first kappa shape index (κ1) is 9.12. The van der Waals surface area contributed by atoms with Crippen LogP contribution in [-0.2, 0) is 6.54 Å². The molecule has 1 aliphatic rings. The number of hydrogen-bond donors (Lipinski definition) is 1. The summed E-state index contributed by atoms with van der Waals surface area (Å²) in [7, 11) is 0. The quantitative estimate of drug-likeness (QED) is 0.766. The summed E-state index contributed by atoms with van der Waals surface area (Å²) in [5.41, 5.74) is 8.99. The fraction of sp³-hybridized carbons (Fsp3) is 0.667. The lowest BCUT2D eigenvalue weighted by atomic mass is 10.1. The zero-order chi connectivity index (χ0) is 9.26. The standard InChI is InChI=1S/C9H15N3S/c1-7-2-12(4-9(7)10)3-8-5-13-6-11-8/h5-7,9H,2-4,10H2,1H3. The van der Waals surface area contributed by atoms with Gasteiger partial charge in [-0.15, -0.1) is 11.3 Å². The molecule has 0 spiro atoms. The van der Waals surface area contributed by atoms with Crippen LogP contribution < -0.4 is 5.73 Å². The minimum absolute atomic E-state index is 0.346. The van der Waals surface area contributed by atoms with Crippen molar-refractivity contribution < 1.29 is 0 Å². The van der Waals surface area contributed by atoms with E-state index in [0.717, 1.165) is 19.6 Å². The van der Waals surface area contributed by atoms with Gasteiger partial charge in [0.2, 0.25) is 0 Å². The van der Waals surface area contributed by atoms with Crippen molar-refractivity contribution in [2.75, 3.05) is 13.1 Å². The first-order chi connectivity index (χ1) is 6.25. The van der Waals surface area contributed by atoms with E-state index in [4.69, 9.17) is 5.73 Å². The van der Waals surface area contributed by atoms with Crippen LogP contribution in [0.1, 0.15) is 12.6 Å². The van der Waals surface area contributed by atoms with Gasteiger partial charge < -0.3 is 5.73 Å². The molecule has 0 aromatic carbocycles. The van der Waals surface area contributed by atoms with Crippen molar-refractivity contribution in [2.24, 2.45) is 11.7 Å². The average molecular weight is 197 g/mol. The van der Waals surface area contributed by atoms with Crippen molar-refractivity contribution in [2.45, 2.75) is 19.5 Å². The summed E-state index contributed by atoms with van der Waals surface area (Å²) in [6.07, 6.45) is 0. The lowest BCUT2D eigenvalue weighted by Gasteiger charge is -2.12. The summed E-state index contributed by atoms with van der Waals surface area (Å²) in [6.45, 7) is 5.30. The van der Waals surface area contributed by atoms with Crippen LogP contribution in [0, 0.1) is 5.92 Å². The lowest BCUT2D eigenvalue weighted by molar-refractivity contribution is 0.315. The Morgan fingerprint density at radius 2 is 2.54 bits per heavy atom. The fourth-order valence-electron chi connectivity index (χ4n) is 1.77. The molecular formula is C9H15N3S. The molecule has 72 valence electrons. The number of aromatic nitrogens is 1. The Labute approximate surface area is 82.6 Å². The highest BCUT2D eigenvalue weighted by Crippen LogP contribution is 2.16. The second kappa shape index (κ2) is 3.74. The van der Waals surface area contributed by atoms with Gasteiger partial charge in [0.1, 0.15) is 0 Å². The smallest absolute Gasteiger partial charge is 0.0795 e. The third-order valence-corrected chi connectivity index (χ3v) is 3.25. The molecule has 0 aliphatic carbocycles. The molecule has 1 saturated heterocycles. The molecule has 2 atom stereocenters. The van der Waals surface area contributed by atoms with Crippen LogP contribution in [0.3, 0.4) is 0 Å². The van der Waals surface area contributed by atoms with Gasteiger partial charge in [0.25, 0.3) is 0 Å². The van der Waals surface area contributed by atoms with Gasteiger partial charge in [-0.3, -0.25) is 4.90 Å². The Hall–Kier alpha value is -0.450. The minimum atomic E-state index is 0.346. The predicted molar refractivity (Wildman–Crippen MR) is 54.5 cm³/mol. The van der Waals surface area contributed by atoms with Gasteiger partial charge in [-0.05, 0) is 5.92 Å². The van der Waals surface area contributed by atoms with Gasteiger partial charge in [0, 0.05) is 31.1 Å².